The third kappa shape index (κ3) is 4.36. The quantitative estimate of drug-likeness (QED) is 0.822. The van der Waals surface area contributed by atoms with Gasteiger partial charge in [0.25, 0.3) is 0 Å². The van der Waals surface area contributed by atoms with E-state index in [1.807, 2.05) is 6.92 Å². The van der Waals surface area contributed by atoms with E-state index in [0.717, 1.165) is 11.3 Å². The van der Waals surface area contributed by atoms with Gasteiger partial charge in [-0.3, -0.25) is 0 Å². The fourth-order valence-corrected chi connectivity index (χ4v) is 2.30. The van der Waals surface area contributed by atoms with Gasteiger partial charge in [-0.05, 0) is 29.4 Å². The molecule has 2 N–H and O–H groups in total. The van der Waals surface area contributed by atoms with Crippen LogP contribution in [0.5, 0.6) is 0 Å². The largest absolute Gasteiger partial charge is 0.478 e. The first-order chi connectivity index (χ1) is 8.04. The highest BCUT2D eigenvalue weighted by molar-refractivity contribution is 7.98. The number of carboxylic acid groups (broad SMARTS) is 1. The molecule has 0 amide bonds. The Labute approximate surface area is 104 Å². The maximum absolute atomic E-state index is 13.1. The second-order valence-electron chi connectivity index (χ2n) is 3.92. The standard InChI is InChI=1S/C12H15FO3S/c1-8(5-14)6-17-7-9-2-3-11(13)10(4-9)12(15)16/h2-4,8,14H,5-7H2,1H3,(H,15,16). The molecule has 0 heterocycles. The molecule has 1 aromatic rings. The summed E-state index contributed by atoms with van der Waals surface area (Å²) in [7, 11) is 0. The first-order valence-electron chi connectivity index (χ1n) is 5.25. The normalized spacial score (nSPS) is 12.4. The van der Waals surface area contributed by atoms with Gasteiger partial charge in [-0.2, -0.15) is 11.8 Å². The topological polar surface area (TPSA) is 57.5 Å². The van der Waals surface area contributed by atoms with Gasteiger partial charge in [0.2, 0.25) is 0 Å². The third-order valence-corrected chi connectivity index (χ3v) is 3.59. The van der Waals surface area contributed by atoms with Gasteiger partial charge >= 0.3 is 5.97 Å². The van der Waals surface area contributed by atoms with Crippen molar-refractivity contribution in [2.45, 2.75) is 12.7 Å². The first-order valence-corrected chi connectivity index (χ1v) is 6.40. The lowest BCUT2D eigenvalue weighted by atomic mass is 10.1. The van der Waals surface area contributed by atoms with E-state index in [0.29, 0.717) is 5.75 Å². The van der Waals surface area contributed by atoms with Gasteiger partial charge in [0.15, 0.2) is 0 Å². The van der Waals surface area contributed by atoms with Gasteiger partial charge in [0.1, 0.15) is 5.82 Å². The van der Waals surface area contributed by atoms with E-state index in [9.17, 15) is 9.18 Å². The Morgan fingerprint density at radius 3 is 2.82 bits per heavy atom. The zero-order valence-corrected chi connectivity index (χ0v) is 10.3. The van der Waals surface area contributed by atoms with E-state index in [1.54, 1.807) is 17.8 Å². The van der Waals surface area contributed by atoms with Crippen molar-refractivity contribution in [3.05, 3.63) is 35.1 Å². The molecule has 0 bridgehead atoms. The Morgan fingerprint density at radius 2 is 2.24 bits per heavy atom. The fraction of sp³-hybridized carbons (Fsp3) is 0.417. The minimum absolute atomic E-state index is 0.136. The molecular weight excluding hydrogens is 243 g/mol. The molecule has 5 heteroatoms. The maximum atomic E-state index is 13.1. The van der Waals surface area contributed by atoms with Crippen molar-refractivity contribution in [2.24, 2.45) is 5.92 Å². The summed E-state index contributed by atoms with van der Waals surface area (Å²) in [5.41, 5.74) is 0.484. The lowest BCUT2D eigenvalue weighted by molar-refractivity contribution is 0.0692. The van der Waals surface area contributed by atoms with E-state index >= 15 is 0 Å². The van der Waals surface area contributed by atoms with Crippen LogP contribution in [0, 0.1) is 11.7 Å². The molecule has 0 saturated heterocycles. The number of benzene rings is 1. The number of thioether (sulfide) groups is 1. The molecule has 1 rings (SSSR count). The molecule has 1 unspecified atom stereocenters. The maximum Gasteiger partial charge on any atom is 0.338 e. The Kier molecular flexibility index (Phi) is 5.44. The van der Waals surface area contributed by atoms with E-state index < -0.39 is 11.8 Å². The van der Waals surface area contributed by atoms with E-state index in [1.165, 1.54) is 12.1 Å². The molecule has 0 aliphatic heterocycles. The number of carbonyl (C=O) groups is 1. The van der Waals surface area contributed by atoms with Crippen molar-refractivity contribution < 1.29 is 19.4 Å². The first kappa shape index (κ1) is 14.0. The minimum atomic E-state index is -1.25. The number of aromatic carboxylic acids is 1. The summed E-state index contributed by atoms with van der Waals surface area (Å²) in [6, 6.07) is 4.11. The van der Waals surface area contributed by atoms with Crippen LogP contribution in [0.2, 0.25) is 0 Å². The van der Waals surface area contributed by atoms with Gasteiger partial charge < -0.3 is 10.2 Å². The van der Waals surface area contributed by atoms with Crippen molar-refractivity contribution >= 4 is 17.7 Å². The van der Waals surface area contributed by atoms with E-state index in [-0.39, 0.29) is 18.1 Å². The van der Waals surface area contributed by atoms with Gasteiger partial charge in [0, 0.05) is 12.4 Å². The van der Waals surface area contributed by atoms with Crippen molar-refractivity contribution in [1.29, 1.82) is 0 Å². The SMILES string of the molecule is CC(CO)CSCc1ccc(F)c(C(=O)O)c1. The average molecular weight is 258 g/mol. The molecule has 0 radical (unpaired) electrons. The molecule has 0 fully saturated rings. The van der Waals surface area contributed by atoms with E-state index in [2.05, 4.69) is 0 Å². The Hall–Kier alpha value is -1.07. The highest BCUT2D eigenvalue weighted by Gasteiger charge is 2.10. The Morgan fingerprint density at radius 1 is 1.53 bits per heavy atom. The van der Waals surface area contributed by atoms with Gasteiger partial charge in [-0.1, -0.05) is 13.0 Å². The van der Waals surface area contributed by atoms with Crippen molar-refractivity contribution in [3.8, 4) is 0 Å². The molecule has 0 spiro atoms. The lowest BCUT2D eigenvalue weighted by Crippen LogP contribution is -2.04. The van der Waals surface area contributed by atoms with Crippen LogP contribution < -0.4 is 0 Å². The number of aliphatic hydroxyl groups is 1. The molecule has 0 aromatic heterocycles. The molecular formula is C12H15FO3S. The Bertz CT molecular complexity index is 395. The number of rotatable bonds is 6. The van der Waals surface area contributed by atoms with Gasteiger partial charge in [-0.25, -0.2) is 9.18 Å². The fourth-order valence-electron chi connectivity index (χ4n) is 1.26. The smallest absolute Gasteiger partial charge is 0.338 e. The average Bonchev–Trinajstić information content (AvgIpc) is 2.30. The van der Waals surface area contributed by atoms with Crippen LogP contribution in [0.1, 0.15) is 22.8 Å². The van der Waals surface area contributed by atoms with Crippen LogP contribution in [0.25, 0.3) is 0 Å². The zero-order chi connectivity index (χ0) is 12.8. The predicted molar refractivity (Wildman–Crippen MR) is 65.8 cm³/mol. The summed E-state index contributed by atoms with van der Waals surface area (Å²) in [6.07, 6.45) is 0. The van der Waals surface area contributed by atoms with Crippen LogP contribution in [0.15, 0.2) is 18.2 Å². The molecule has 0 aliphatic rings. The number of carboxylic acids is 1. The summed E-state index contributed by atoms with van der Waals surface area (Å²) < 4.78 is 13.1. The second-order valence-corrected chi connectivity index (χ2v) is 4.95. The van der Waals surface area contributed by atoms with Crippen molar-refractivity contribution in [2.75, 3.05) is 12.4 Å². The lowest BCUT2D eigenvalue weighted by Gasteiger charge is -2.07. The van der Waals surface area contributed by atoms with Crippen LogP contribution >= 0.6 is 11.8 Å². The molecule has 0 saturated carbocycles. The summed E-state index contributed by atoms with van der Waals surface area (Å²) in [6.45, 7) is 2.07. The summed E-state index contributed by atoms with van der Waals surface area (Å²) >= 11 is 1.59. The molecule has 94 valence electrons. The van der Waals surface area contributed by atoms with Crippen LogP contribution in [0.3, 0.4) is 0 Å². The molecule has 1 aromatic carbocycles. The highest BCUT2D eigenvalue weighted by atomic mass is 32.2. The third-order valence-electron chi connectivity index (χ3n) is 2.24. The van der Waals surface area contributed by atoms with Gasteiger partial charge in [-0.15, -0.1) is 0 Å². The number of hydrogen-bond donors (Lipinski definition) is 2. The van der Waals surface area contributed by atoms with Crippen LogP contribution in [-0.4, -0.2) is 28.5 Å². The highest BCUT2D eigenvalue weighted by Crippen LogP contribution is 2.18. The monoisotopic (exact) mass is 258 g/mol. The molecule has 17 heavy (non-hydrogen) atoms. The second kappa shape index (κ2) is 6.61. The van der Waals surface area contributed by atoms with Crippen molar-refractivity contribution in [3.63, 3.8) is 0 Å². The molecule has 0 aliphatic carbocycles. The van der Waals surface area contributed by atoms with E-state index in [4.69, 9.17) is 10.2 Å². The minimum Gasteiger partial charge on any atom is -0.478 e. The van der Waals surface area contributed by atoms with Crippen molar-refractivity contribution in [1.82, 2.24) is 0 Å². The predicted octanol–water partition coefficient (Wildman–Crippen LogP) is 2.39. The number of hydrogen-bond acceptors (Lipinski definition) is 3. The molecule has 3 nitrogen and oxygen atoms in total. The van der Waals surface area contributed by atoms with Gasteiger partial charge in [0.05, 0.1) is 5.56 Å². The summed E-state index contributed by atoms with van der Waals surface area (Å²) in [5, 5.41) is 17.6. The van der Waals surface area contributed by atoms with Crippen LogP contribution in [0.4, 0.5) is 4.39 Å². The zero-order valence-electron chi connectivity index (χ0n) is 9.52. The van der Waals surface area contributed by atoms with Crippen LogP contribution in [-0.2, 0) is 5.75 Å². The Balaban J connectivity index is 2.60. The number of aliphatic hydroxyl groups excluding tert-OH is 1. The molecule has 1 atom stereocenters. The summed E-state index contributed by atoms with van der Waals surface area (Å²) in [4.78, 5) is 10.7. The summed E-state index contributed by atoms with van der Waals surface area (Å²) in [5.74, 6) is -0.353. The number of halogens is 1.